The molecule has 2 aromatic rings. The Labute approximate surface area is 147 Å². The molecule has 0 aliphatic carbocycles. The molecule has 1 saturated heterocycles. The van der Waals surface area contributed by atoms with Gasteiger partial charge in [-0.15, -0.1) is 0 Å². The van der Waals surface area contributed by atoms with Crippen LogP contribution >= 0.6 is 0 Å². The first kappa shape index (κ1) is 17.4. The molecule has 2 N–H and O–H groups in total. The Hall–Kier alpha value is -2.41. The summed E-state index contributed by atoms with van der Waals surface area (Å²) in [4.78, 5) is 18.4. The van der Waals surface area contributed by atoms with E-state index < -0.39 is 0 Å². The maximum Gasteiger partial charge on any atom is 0.292 e. The van der Waals surface area contributed by atoms with Gasteiger partial charge in [-0.25, -0.2) is 4.98 Å². The number of amides is 1. The fraction of sp³-hybridized carbons (Fsp3) is 0.500. The summed E-state index contributed by atoms with van der Waals surface area (Å²) in [5.74, 6) is 0.924. The summed E-state index contributed by atoms with van der Waals surface area (Å²) < 4.78 is 11.0. The normalized spacial score (nSPS) is 17.9. The number of nitrogens with zero attached hydrogens (tertiary/aromatic N) is 3. The van der Waals surface area contributed by atoms with Crippen LogP contribution in [0, 0.1) is 0 Å². The topological polar surface area (TPSA) is 94.5 Å². The Morgan fingerprint density at radius 3 is 3.00 bits per heavy atom. The lowest BCUT2D eigenvalue weighted by molar-refractivity contribution is -0.0257. The van der Waals surface area contributed by atoms with Gasteiger partial charge >= 0.3 is 0 Å². The largest absolute Gasteiger partial charge is 0.384 e. The first-order valence-corrected chi connectivity index (χ1v) is 8.61. The zero-order valence-corrected chi connectivity index (χ0v) is 14.6. The van der Waals surface area contributed by atoms with Gasteiger partial charge in [-0.05, 0) is 36.5 Å². The molecule has 3 rings (SSSR count). The molecule has 0 saturated carbocycles. The van der Waals surface area contributed by atoms with Gasteiger partial charge in [0.2, 0.25) is 5.76 Å². The number of ether oxygens (including phenoxy) is 1. The van der Waals surface area contributed by atoms with Crippen molar-refractivity contribution in [3.8, 4) is 0 Å². The third-order valence-electron chi connectivity index (χ3n) is 4.36. The third-order valence-corrected chi connectivity index (χ3v) is 4.36. The maximum absolute atomic E-state index is 12.6. The highest BCUT2D eigenvalue weighted by molar-refractivity contribution is 5.91. The molecule has 0 unspecified atom stereocenters. The van der Waals surface area contributed by atoms with Gasteiger partial charge < -0.3 is 19.9 Å². The Morgan fingerprint density at radius 2 is 2.28 bits per heavy atom. The van der Waals surface area contributed by atoms with Crippen molar-refractivity contribution in [3.05, 3.63) is 41.4 Å². The summed E-state index contributed by atoms with van der Waals surface area (Å²) in [5.41, 5.74) is 7.62. The number of anilines is 1. The zero-order chi connectivity index (χ0) is 17.8. The molecule has 1 aliphatic heterocycles. The molecule has 1 amide bonds. The summed E-state index contributed by atoms with van der Waals surface area (Å²) in [7, 11) is 0. The molecular formula is C18H24N4O3. The SMILES string of the molecule is CC(C)c1cc(C(=O)N2CCO[C@@H](CCc3ccnc(N)c3)C2)on1. The van der Waals surface area contributed by atoms with E-state index in [2.05, 4.69) is 10.1 Å². The minimum atomic E-state index is -0.124. The second-order valence-electron chi connectivity index (χ2n) is 6.64. The summed E-state index contributed by atoms with van der Waals surface area (Å²) in [5, 5.41) is 3.96. The Kier molecular flexibility index (Phi) is 5.33. The second kappa shape index (κ2) is 7.65. The summed E-state index contributed by atoms with van der Waals surface area (Å²) in [6, 6.07) is 5.55. The molecule has 0 aromatic carbocycles. The van der Waals surface area contributed by atoms with Gasteiger partial charge in [0.1, 0.15) is 5.82 Å². The number of aryl methyl sites for hydroxylation is 1. The molecule has 134 valence electrons. The second-order valence-corrected chi connectivity index (χ2v) is 6.64. The van der Waals surface area contributed by atoms with Crippen molar-refractivity contribution in [2.24, 2.45) is 0 Å². The van der Waals surface area contributed by atoms with Crippen LogP contribution in [0.3, 0.4) is 0 Å². The van der Waals surface area contributed by atoms with Gasteiger partial charge in [0.05, 0.1) is 18.4 Å². The number of morpholine rings is 1. The fourth-order valence-electron chi connectivity index (χ4n) is 2.87. The molecule has 0 spiro atoms. The highest BCUT2D eigenvalue weighted by atomic mass is 16.5. The lowest BCUT2D eigenvalue weighted by atomic mass is 10.1. The van der Waals surface area contributed by atoms with Crippen LogP contribution in [-0.2, 0) is 11.2 Å². The number of carbonyl (C=O) groups is 1. The number of aromatic nitrogens is 2. The first-order chi connectivity index (χ1) is 12.0. The van der Waals surface area contributed by atoms with Crippen molar-refractivity contribution in [2.45, 2.75) is 38.7 Å². The van der Waals surface area contributed by atoms with Crippen molar-refractivity contribution in [3.63, 3.8) is 0 Å². The van der Waals surface area contributed by atoms with E-state index in [1.807, 2.05) is 26.0 Å². The highest BCUT2D eigenvalue weighted by Crippen LogP contribution is 2.18. The molecule has 0 bridgehead atoms. The first-order valence-electron chi connectivity index (χ1n) is 8.61. The van der Waals surface area contributed by atoms with Crippen LogP contribution in [0.15, 0.2) is 28.9 Å². The molecule has 1 aliphatic rings. The molecule has 25 heavy (non-hydrogen) atoms. The number of nitrogen functional groups attached to an aromatic ring is 1. The lowest BCUT2D eigenvalue weighted by Gasteiger charge is -2.32. The van der Waals surface area contributed by atoms with Crippen LogP contribution in [-0.4, -0.2) is 46.7 Å². The van der Waals surface area contributed by atoms with Crippen LogP contribution in [0.25, 0.3) is 0 Å². The summed E-state index contributed by atoms with van der Waals surface area (Å²) >= 11 is 0. The van der Waals surface area contributed by atoms with Crippen LogP contribution in [0.1, 0.15) is 48.0 Å². The van der Waals surface area contributed by atoms with E-state index >= 15 is 0 Å². The lowest BCUT2D eigenvalue weighted by Crippen LogP contribution is -2.45. The Balaban J connectivity index is 1.57. The van der Waals surface area contributed by atoms with Crippen LogP contribution < -0.4 is 5.73 Å². The van der Waals surface area contributed by atoms with Crippen molar-refractivity contribution < 1.29 is 14.1 Å². The highest BCUT2D eigenvalue weighted by Gasteiger charge is 2.27. The predicted molar refractivity (Wildman–Crippen MR) is 93.2 cm³/mol. The van der Waals surface area contributed by atoms with Crippen molar-refractivity contribution in [1.82, 2.24) is 15.0 Å². The molecule has 7 nitrogen and oxygen atoms in total. The number of hydrogen-bond acceptors (Lipinski definition) is 6. The van der Waals surface area contributed by atoms with E-state index in [-0.39, 0.29) is 17.9 Å². The summed E-state index contributed by atoms with van der Waals surface area (Å²) in [6.07, 6.45) is 3.36. The van der Waals surface area contributed by atoms with Crippen LogP contribution in [0.4, 0.5) is 5.82 Å². The van der Waals surface area contributed by atoms with E-state index in [1.54, 1.807) is 17.2 Å². The minimum Gasteiger partial charge on any atom is -0.384 e. The molecule has 1 fully saturated rings. The monoisotopic (exact) mass is 344 g/mol. The van der Waals surface area contributed by atoms with Gasteiger partial charge in [-0.1, -0.05) is 19.0 Å². The van der Waals surface area contributed by atoms with Crippen molar-refractivity contribution in [1.29, 1.82) is 0 Å². The van der Waals surface area contributed by atoms with Gasteiger partial charge in [0, 0.05) is 25.4 Å². The van der Waals surface area contributed by atoms with E-state index in [0.717, 1.165) is 24.1 Å². The number of pyridine rings is 1. The number of carbonyl (C=O) groups excluding carboxylic acids is 1. The van der Waals surface area contributed by atoms with Crippen LogP contribution in [0.2, 0.25) is 0 Å². The fourth-order valence-corrected chi connectivity index (χ4v) is 2.87. The van der Waals surface area contributed by atoms with Crippen LogP contribution in [0.5, 0.6) is 0 Å². The number of rotatable bonds is 5. The smallest absolute Gasteiger partial charge is 0.292 e. The average Bonchev–Trinajstić information content (AvgIpc) is 3.10. The van der Waals surface area contributed by atoms with E-state index in [0.29, 0.717) is 31.3 Å². The van der Waals surface area contributed by atoms with E-state index in [4.69, 9.17) is 15.0 Å². The van der Waals surface area contributed by atoms with E-state index in [9.17, 15) is 4.79 Å². The predicted octanol–water partition coefficient (Wildman–Crippen LogP) is 2.25. The molecule has 7 heteroatoms. The molecule has 2 aromatic heterocycles. The standard InChI is InChI=1S/C18H24N4O3/c1-12(2)15-10-16(25-21-15)18(23)22-7-8-24-14(11-22)4-3-13-5-6-20-17(19)9-13/h5-6,9-10,12,14H,3-4,7-8,11H2,1-2H3,(H2,19,20)/t14-/m0/s1. The molecular weight excluding hydrogens is 320 g/mol. The van der Waals surface area contributed by atoms with Gasteiger partial charge in [0.15, 0.2) is 0 Å². The zero-order valence-electron chi connectivity index (χ0n) is 14.6. The van der Waals surface area contributed by atoms with Gasteiger partial charge in [0.25, 0.3) is 5.91 Å². The van der Waals surface area contributed by atoms with Gasteiger partial charge in [-0.3, -0.25) is 4.79 Å². The average molecular weight is 344 g/mol. The molecule has 1 atom stereocenters. The molecule has 3 heterocycles. The van der Waals surface area contributed by atoms with Gasteiger partial charge in [-0.2, -0.15) is 0 Å². The Bertz CT molecular complexity index is 729. The minimum absolute atomic E-state index is 0.000389. The third kappa shape index (κ3) is 4.36. The summed E-state index contributed by atoms with van der Waals surface area (Å²) in [6.45, 7) is 5.68. The maximum atomic E-state index is 12.6. The quantitative estimate of drug-likeness (QED) is 0.894. The number of nitrogens with two attached hydrogens (primary N) is 1. The Morgan fingerprint density at radius 1 is 1.44 bits per heavy atom. The van der Waals surface area contributed by atoms with Crippen molar-refractivity contribution >= 4 is 11.7 Å². The number of hydrogen-bond donors (Lipinski definition) is 1. The van der Waals surface area contributed by atoms with E-state index in [1.165, 1.54) is 0 Å². The van der Waals surface area contributed by atoms with Crippen molar-refractivity contribution in [2.75, 3.05) is 25.4 Å². The molecule has 0 radical (unpaired) electrons.